The molecule has 3 heteroatoms. The molecule has 0 aromatic heterocycles. The van der Waals surface area contributed by atoms with Crippen molar-refractivity contribution in [2.45, 2.75) is 123 Å². The Bertz CT molecular complexity index is 604. The lowest BCUT2D eigenvalue weighted by molar-refractivity contribution is 0.126. The third-order valence-electron chi connectivity index (χ3n) is 9.18. The molecule has 0 bridgehead atoms. The van der Waals surface area contributed by atoms with Gasteiger partial charge in [-0.05, 0) is 78.5 Å². The van der Waals surface area contributed by atoms with E-state index in [-0.39, 0.29) is 16.6 Å². The summed E-state index contributed by atoms with van der Waals surface area (Å²) in [4.78, 5) is 0. The molecule has 0 aromatic carbocycles. The highest BCUT2D eigenvalue weighted by atomic mass is 28.4. The van der Waals surface area contributed by atoms with E-state index in [1.807, 2.05) is 0 Å². The zero-order chi connectivity index (χ0) is 21.1. The number of epoxide rings is 1. The second-order valence-electron chi connectivity index (χ2n) is 12.5. The van der Waals surface area contributed by atoms with Gasteiger partial charge in [0, 0.05) is 0 Å². The van der Waals surface area contributed by atoms with Crippen LogP contribution < -0.4 is 0 Å². The molecule has 6 atom stereocenters. The summed E-state index contributed by atoms with van der Waals surface area (Å²) >= 11 is 0. The highest BCUT2D eigenvalue weighted by molar-refractivity contribution is 6.74. The van der Waals surface area contributed by atoms with E-state index in [0.29, 0.717) is 29.5 Å². The van der Waals surface area contributed by atoms with E-state index in [1.165, 1.54) is 37.7 Å². The fraction of sp³-hybridized carbons (Fsp3) is 0.920. The van der Waals surface area contributed by atoms with Crippen molar-refractivity contribution in [1.29, 1.82) is 0 Å². The van der Waals surface area contributed by atoms with E-state index < -0.39 is 8.32 Å². The maximum atomic E-state index is 6.91. The number of hydrogen-bond donors (Lipinski definition) is 0. The van der Waals surface area contributed by atoms with Gasteiger partial charge in [-0.3, -0.25) is 0 Å². The number of fused-ring (bicyclic) bond motifs is 1. The molecular weight excluding hydrogens is 360 g/mol. The highest BCUT2D eigenvalue weighted by Gasteiger charge is 2.56. The molecule has 0 spiro atoms. The quantitative estimate of drug-likeness (QED) is 0.261. The maximum Gasteiger partial charge on any atom is 0.192 e. The first-order valence-corrected chi connectivity index (χ1v) is 14.6. The van der Waals surface area contributed by atoms with Crippen LogP contribution >= 0.6 is 0 Å². The smallest absolute Gasteiger partial charge is 0.192 e. The lowest BCUT2D eigenvalue weighted by atomic mass is 9.64. The van der Waals surface area contributed by atoms with E-state index in [0.717, 1.165) is 6.42 Å². The summed E-state index contributed by atoms with van der Waals surface area (Å²) in [7, 11) is -1.79. The largest absolute Gasteiger partial charge is 0.410 e. The molecule has 0 N–H and O–H groups in total. The number of ether oxygens (including phenoxy) is 1. The van der Waals surface area contributed by atoms with Gasteiger partial charge < -0.3 is 9.16 Å². The summed E-state index contributed by atoms with van der Waals surface area (Å²) in [5.41, 5.74) is 1.93. The second-order valence-corrected chi connectivity index (χ2v) is 17.3. The van der Waals surface area contributed by atoms with Gasteiger partial charge in [0.15, 0.2) is 8.32 Å². The Morgan fingerprint density at radius 3 is 2.43 bits per heavy atom. The lowest BCUT2D eigenvalue weighted by Crippen LogP contribution is -2.44. The van der Waals surface area contributed by atoms with Crippen LogP contribution in [0.1, 0.15) is 87.0 Å². The molecule has 3 rings (SSSR count). The van der Waals surface area contributed by atoms with Crippen LogP contribution in [0.5, 0.6) is 0 Å². The van der Waals surface area contributed by atoms with Gasteiger partial charge in [-0.15, -0.1) is 0 Å². The van der Waals surface area contributed by atoms with Crippen molar-refractivity contribution in [3.8, 4) is 0 Å². The van der Waals surface area contributed by atoms with Crippen LogP contribution in [0.3, 0.4) is 0 Å². The van der Waals surface area contributed by atoms with Crippen molar-refractivity contribution >= 4 is 8.32 Å². The summed E-state index contributed by atoms with van der Waals surface area (Å²) < 4.78 is 12.9. The average molecular weight is 407 g/mol. The molecule has 0 aromatic rings. The van der Waals surface area contributed by atoms with Gasteiger partial charge in [-0.25, -0.2) is 0 Å². The summed E-state index contributed by atoms with van der Waals surface area (Å²) in [6.45, 7) is 26.2. The van der Waals surface area contributed by atoms with Gasteiger partial charge >= 0.3 is 0 Å². The van der Waals surface area contributed by atoms with Gasteiger partial charge in [-0.2, -0.15) is 0 Å². The van der Waals surface area contributed by atoms with Crippen LogP contribution in [0.15, 0.2) is 12.2 Å². The molecule has 1 saturated heterocycles. The Morgan fingerprint density at radius 2 is 1.86 bits per heavy atom. The number of rotatable bonds is 6. The van der Waals surface area contributed by atoms with Crippen molar-refractivity contribution < 1.29 is 9.16 Å². The van der Waals surface area contributed by atoms with Crippen molar-refractivity contribution in [2.75, 3.05) is 0 Å². The Morgan fingerprint density at radius 1 is 1.21 bits per heavy atom. The summed E-state index contributed by atoms with van der Waals surface area (Å²) in [5, 5.41) is 0.244. The van der Waals surface area contributed by atoms with E-state index in [2.05, 4.69) is 68.1 Å². The third kappa shape index (κ3) is 3.92. The summed E-state index contributed by atoms with van der Waals surface area (Å²) in [6.07, 6.45) is 8.91. The molecule has 1 heterocycles. The van der Waals surface area contributed by atoms with Crippen molar-refractivity contribution in [2.24, 2.45) is 22.7 Å². The standard InChI is InChI=1S/C25H46O2Si/c1-17(2)19-16-21(27-28(9,10)23(4,5)6)18(3)25(19,8)15-14-24(7)13-11-12-20-22(24)26-20/h17,19-22H,3,11-16H2,1-2,4-10H3/t19-,20?,21-,22?,24+,25+/m1/s1. The maximum absolute atomic E-state index is 6.91. The molecule has 3 aliphatic rings. The molecule has 2 aliphatic carbocycles. The van der Waals surface area contributed by atoms with Gasteiger partial charge in [-0.1, -0.05) is 61.5 Å². The van der Waals surface area contributed by atoms with Crippen LogP contribution in [0, 0.1) is 22.7 Å². The average Bonchev–Trinajstić information content (AvgIpc) is 3.31. The van der Waals surface area contributed by atoms with E-state index >= 15 is 0 Å². The van der Waals surface area contributed by atoms with E-state index in [9.17, 15) is 0 Å². The monoisotopic (exact) mass is 406 g/mol. The molecule has 3 fully saturated rings. The van der Waals surface area contributed by atoms with Gasteiger partial charge in [0.1, 0.15) is 0 Å². The van der Waals surface area contributed by atoms with Crippen LogP contribution in [0.4, 0.5) is 0 Å². The van der Waals surface area contributed by atoms with Gasteiger partial charge in [0.05, 0.1) is 18.3 Å². The molecular formula is C25H46O2Si. The fourth-order valence-electron chi connectivity index (χ4n) is 5.88. The molecule has 0 amide bonds. The molecule has 0 radical (unpaired) electrons. The van der Waals surface area contributed by atoms with Crippen molar-refractivity contribution in [3.05, 3.63) is 12.2 Å². The molecule has 2 saturated carbocycles. The summed E-state index contributed by atoms with van der Waals surface area (Å²) in [6, 6.07) is 0. The molecule has 162 valence electrons. The molecule has 28 heavy (non-hydrogen) atoms. The Hall–Kier alpha value is -0.123. The fourth-order valence-corrected chi connectivity index (χ4v) is 7.18. The Labute approximate surface area is 176 Å². The van der Waals surface area contributed by atoms with Crippen molar-refractivity contribution in [1.82, 2.24) is 0 Å². The van der Waals surface area contributed by atoms with E-state index in [4.69, 9.17) is 9.16 Å². The van der Waals surface area contributed by atoms with Crippen molar-refractivity contribution in [3.63, 3.8) is 0 Å². The Kier molecular flexibility index (Phi) is 5.83. The van der Waals surface area contributed by atoms with Crippen LogP contribution in [-0.2, 0) is 9.16 Å². The zero-order valence-electron chi connectivity index (χ0n) is 20.2. The molecule has 1 aliphatic heterocycles. The zero-order valence-corrected chi connectivity index (χ0v) is 21.2. The lowest BCUT2D eigenvalue weighted by Gasteiger charge is -2.41. The predicted molar refractivity (Wildman–Crippen MR) is 122 cm³/mol. The normalized spacial score (nSPS) is 41.4. The minimum atomic E-state index is -1.79. The second kappa shape index (κ2) is 7.23. The minimum absolute atomic E-state index is 0.187. The predicted octanol–water partition coefficient (Wildman–Crippen LogP) is 7.35. The van der Waals surface area contributed by atoms with Gasteiger partial charge in [0.2, 0.25) is 0 Å². The topological polar surface area (TPSA) is 21.8 Å². The van der Waals surface area contributed by atoms with Crippen LogP contribution in [-0.4, -0.2) is 26.6 Å². The highest BCUT2D eigenvalue weighted by Crippen LogP contribution is 2.58. The number of hydrogen-bond acceptors (Lipinski definition) is 2. The first kappa shape index (κ1) is 22.6. The first-order chi connectivity index (χ1) is 12.7. The Balaban J connectivity index is 1.75. The van der Waals surface area contributed by atoms with Crippen LogP contribution in [0.2, 0.25) is 18.1 Å². The summed E-state index contributed by atoms with van der Waals surface area (Å²) in [5.74, 6) is 1.33. The SMILES string of the molecule is C=C1[C@H](O[Si](C)(C)C(C)(C)C)C[C@H](C(C)C)[C@@]1(C)CC[C@]1(C)CCCC2OC21. The van der Waals surface area contributed by atoms with E-state index in [1.54, 1.807) is 0 Å². The molecule has 2 nitrogen and oxygen atoms in total. The minimum Gasteiger partial charge on any atom is -0.410 e. The third-order valence-corrected chi connectivity index (χ3v) is 13.7. The van der Waals surface area contributed by atoms with Crippen LogP contribution in [0.25, 0.3) is 0 Å². The first-order valence-electron chi connectivity index (χ1n) is 11.7. The molecule has 2 unspecified atom stereocenters. The van der Waals surface area contributed by atoms with Gasteiger partial charge in [0.25, 0.3) is 0 Å².